The fraction of sp³-hybridized carbons (Fsp3) is 0.429. The van der Waals surface area contributed by atoms with E-state index >= 15 is 0 Å². The summed E-state index contributed by atoms with van der Waals surface area (Å²) in [6, 6.07) is 12.3. The number of carbonyl (C=O) groups excluding carboxylic acids is 1. The summed E-state index contributed by atoms with van der Waals surface area (Å²) in [6.07, 6.45) is 2.71. The SMILES string of the molecule is CCCCN1C(=O)c2oc3ccccc3c(=O)c2[C@H]1c1ccc(OCCC(C)C)c(OCC)c1. The molecule has 0 saturated heterocycles. The molecule has 180 valence electrons. The quantitative estimate of drug-likeness (QED) is 0.371. The molecule has 1 amide bonds. The van der Waals surface area contributed by atoms with Gasteiger partial charge < -0.3 is 18.8 Å². The molecule has 6 nitrogen and oxygen atoms in total. The maximum atomic E-state index is 13.6. The van der Waals surface area contributed by atoms with E-state index < -0.39 is 6.04 Å². The smallest absolute Gasteiger partial charge is 0.290 e. The normalized spacial score (nSPS) is 15.3. The summed E-state index contributed by atoms with van der Waals surface area (Å²) in [5, 5.41) is 0.482. The Labute approximate surface area is 200 Å². The topological polar surface area (TPSA) is 69.0 Å². The van der Waals surface area contributed by atoms with Crippen LogP contribution >= 0.6 is 0 Å². The van der Waals surface area contributed by atoms with Crippen LogP contribution < -0.4 is 14.9 Å². The number of unbranched alkanes of at least 4 members (excludes halogenated alkanes) is 1. The van der Waals surface area contributed by atoms with Crippen molar-refractivity contribution in [3.63, 3.8) is 0 Å². The second-order valence-electron chi connectivity index (χ2n) is 9.09. The minimum absolute atomic E-state index is 0.139. The predicted octanol–water partition coefficient (Wildman–Crippen LogP) is 5.96. The van der Waals surface area contributed by atoms with Crippen molar-refractivity contribution in [3.8, 4) is 11.5 Å². The number of rotatable bonds is 10. The molecule has 0 radical (unpaired) electrons. The fourth-order valence-corrected chi connectivity index (χ4v) is 4.36. The maximum Gasteiger partial charge on any atom is 0.290 e. The lowest BCUT2D eigenvalue weighted by Crippen LogP contribution is -2.30. The van der Waals surface area contributed by atoms with Crippen LogP contribution in [-0.4, -0.2) is 30.6 Å². The van der Waals surface area contributed by atoms with Gasteiger partial charge in [0.2, 0.25) is 5.76 Å². The molecule has 0 N–H and O–H groups in total. The van der Waals surface area contributed by atoms with Crippen LogP contribution in [0.15, 0.2) is 51.7 Å². The molecule has 0 bridgehead atoms. The highest BCUT2D eigenvalue weighted by atomic mass is 16.5. The molecule has 0 spiro atoms. The zero-order chi connectivity index (χ0) is 24.2. The van der Waals surface area contributed by atoms with Crippen LogP contribution in [0.3, 0.4) is 0 Å². The van der Waals surface area contributed by atoms with E-state index in [1.54, 1.807) is 23.1 Å². The summed E-state index contributed by atoms with van der Waals surface area (Å²) in [6.45, 7) is 9.94. The molecule has 6 heteroatoms. The molecule has 1 aliphatic heterocycles. The van der Waals surface area contributed by atoms with Gasteiger partial charge in [0.25, 0.3) is 5.91 Å². The molecule has 34 heavy (non-hydrogen) atoms. The van der Waals surface area contributed by atoms with E-state index in [-0.39, 0.29) is 17.1 Å². The van der Waals surface area contributed by atoms with Crippen LogP contribution in [0.1, 0.15) is 74.7 Å². The summed E-state index contributed by atoms with van der Waals surface area (Å²) in [5.41, 5.74) is 1.48. The molecular weight excluding hydrogens is 430 g/mol. The van der Waals surface area contributed by atoms with Gasteiger partial charge in [-0.3, -0.25) is 9.59 Å². The van der Waals surface area contributed by atoms with Gasteiger partial charge in [0.05, 0.1) is 30.2 Å². The van der Waals surface area contributed by atoms with Crippen molar-refractivity contribution in [2.75, 3.05) is 19.8 Å². The molecule has 2 heterocycles. The molecule has 1 aliphatic rings. The van der Waals surface area contributed by atoms with Crippen LogP contribution in [-0.2, 0) is 0 Å². The van der Waals surface area contributed by atoms with E-state index in [1.165, 1.54) is 0 Å². The van der Waals surface area contributed by atoms with Crippen molar-refractivity contribution in [3.05, 3.63) is 69.6 Å². The first kappa shape index (κ1) is 23.9. The Morgan fingerprint density at radius 2 is 1.82 bits per heavy atom. The van der Waals surface area contributed by atoms with E-state index in [2.05, 4.69) is 20.8 Å². The summed E-state index contributed by atoms with van der Waals surface area (Å²) in [5.74, 6) is 1.72. The zero-order valence-corrected chi connectivity index (χ0v) is 20.4. The molecule has 0 fully saturated rings. The number of nitrogens with zero attached hydrogens (tertiary/aromatic N) is 1. The molecule has 4 rings (SSSR count). The Hall–Kier alpha value is -3.28. The average Bonchev–Trinajstić information content (AvgIpc) is 3.10. The van der Waals surface area contributed by atoms with Gasteiger partial charge in [0.1, 0.15) is 5.58 Å². The van der Waals surface area contributed by atoms with Crippen LogP contribution in [0.5, 0.6) is 11.5 Å². The van der Waals surface area contributed by atoms with Crippen molar-refractivity contribution in [2.45, 2.75) is 53.0 Å². The predicted molar refractivity (Wildman–Crippen MR) is 133 cm³/mol. The van der Waals surface area contributed by atoms with Crippen LogP contribution in [0.2, 0.25) is 0 Å². The average molecular weight is 464 g/mol. The van der Waals surface area contributed by atoms with Gasteiger partial charge in [-0.1, -0.05) is 45.4 Å². The minimum Gasteiger partial charge on any atom is -0.490 e. The molecule has 0 unspecified atom stereocenters. The molecule has 1 aromatic heterocycles. The van der Waals surface area contributed by atoms with Crippen molar-refractivity contribution in [1.29, 1.82) is 0 Å². The highest BCUT2D eigenvalue weighted by Crippen LogP contribution is 2.41. The first-order chi connectivity index (χ1) is 16.5. The first-order valence-electron chi connectivity index (χ1n) is 12.2. The Balaban J connectivity index is 1.81. The van der Waals surface area contributed by atoms with Crippen LogP contribution in [0.4, 0.5) is 0 Å². The molecule has 0 saturated carbocycles. The number of para-hydroxylation sites is 1. The van der Waals surface area contributed by atoms with Crippen molar-refractivity contribution in [2.24, 2.45) is 5.92 Å². The Kier molecular flexibility index (Phi) is 7.25. The van der Waals surface area contributed by atoms with Crippen molar-refractivity contribution < 1.29 is 18.7 Å². The molecule has 0 aliphatic carbocycles. The third-order valence-electron chi connectivity index (χ3n) is 6.16. The van der Waals surface area contributed by atoms with E-state index in [0.29, 0.717) is 53.7 Å². The molecule has 1 atom stereocenters. The Morgan fingerprint density at radius 3 is 2.56 bits per heavy atom. The van der Waals surface area contributed by atoms with E-state index in [4.69, 9.17) is 13.9 Å². The highest BCUT2D eigenvalue weighted by molar-refractivity contribution is 5.99. The van der Waals surface area contributed by atoms with Gasteiger partial charge in [-0.25, -0.2) is 0 Å². The minimum atomic E-state index is -0.529. The lowest BCUT2D eigenvalue weighted by molar-refractivity contribution is 0.0725. The summed E-state index contributed by atoms with van der Waals surface area (Å²) in [7, 11) is 0. The second kappa shape index (κ2) is 10.3. The van der Waals surface area contributed by atoms with E-state index in [0.717, 1.165) is 24.8 Å². The van der Waals surface area contributed by atoms with Crippen LogP contribution in [0.25, 0.3) is 11.0 Å². The second-order valence-corrected chi connectivity index (χ2v) is 9.09. The number of carbonyl (C=O) groups is 1. The summed E-state index contributed by atoms with van der Waals surface area (Å²) >= 11 is 0. The summed E-state index contributed by atoms with van der Waals surface area (Å²) in [4.78, 5) is 28.7. The van der Waals surface area contributed by atoms with Gasteiger partial charge in [-0.15, -0.1) is 0 Å². The van der Waals surface area contributed by atoms with Crippen molar-refractivity contribution >= 4 is 16.9 Å². The number of ether oxygens (including phenoxy) is 2. The van der Waals surface area contributed by atoms with Gasteiger partial charge in [0, 0.05) is 6.54 Å². The van der Waals surface area contributed by atoms with E-state index in [1.807, 2.05) is 31.2 Å². The third kappa shape index (κ3) is 4.54. The fourth-order valence-electron chi connectivity index (χ4n) is 4.36. The van der Waals surface area contributed by atoms with Gasteiger partial charge in [-0.2, -0.15) is 0 Å². The monoisotopic (exact) mass is 463 g/mol. The van der Waals surface area contributed by atoms with Gasteiger partial charge >= 0.3 is 0 Å². The third-order valence-corrected chi connectivity index (χ3v) is 6.16. The standard InChI is InChI=1S/C28H33NO5/c1-5-7-15-29-25(19-12-13-22(23(17-19)32-6-2)33-16-14-18(3)4)24-26(30)20-10-8-9-11-21(20)34-27(24)28(29)31/h8-13,17-18,25H,5-7,14-16H2,1-4H3/t25-/m1/s1. The first-order valence-corrected chi connectivity index (χ1v) is 12.2. The summed E-state index contributed by atoms with van der Waals surface area (Å²) < 4.78 is 17.9. The largest absolute Gasteiger partial charge is 0.490 e. The lowest BCUT2D eigenvalue weighted by atomic mass is 9.98. The molecular formula is C28H33NO5. The maximum absolute atomic E-state index is 13.6. The number of fused-ring (bicyclic) bond motifs is 2. The van der Waals surface area contributed by atoms with Gasteiger partial charge in [-0.05, 0) is 55.5 Å². The van der Waals surface area contributed by atoms with E-state index in [9.17, 15) is 9.59 Å². The zero-order valence-electron chi connectivity index (χ0n) is 20.4. The lowest BCUT2D eigenvalue weighted by Gasteiger charge is -2.26. The number of hydrogen-bond acceptors (Lipinski definition) is 5. The Morgan fingerprint density at radius 1 is 1.03 bits per heavy atom. The Bertz CT molecular complexity index is 1230. The molecule has 2 aromatic carbocycles. The van der Waals surface area contributed by atoms with Crippen LogP contribution in [0, 0.1) is 5.92 Å². The van der Waals surface area contributed by atoms with Gasteiger partial charge in [0.15, 0.2) is 16.9 Å². The molecule has 3 aromatic rings. The van der Waals surface area contributed by atoms with Crippen molar-refractivity contribution in [1.82, 2.24) is 4.90 Å². The number of hydrogen-bond donors (Lipinski definition) is 0. The number of amides is 1. The highest BCUT2D eigenvalue weighted by Gasteiger charge is 2.42. The number of benzene rings is 2.